The van der Waals surface area contributed by atoms with Crippen LogP contribution in [0.25, 0.3) is 0 Å². The van der Waals surface area contributed by atoms with Crippen LogP contribution >= 0.6 is 0 Å². The molecule has 8 atom stereocenters. The van der Waals surface area contributed by atoms with Gasteiger partial charge in [-0.3, -0.25) is 9.59 Å². The largest absolute Gasteiger partial charge is 0.458 e. The summed E-state index contributed by atoms with van der Waals surface area (Å²) in [6.07, 6.45) is 12.9. The second kappa shape index (κ2) is 5.02. The first-order valence-electron chi connectivity index (χ1n) is 11.0. The van der Waals surface area contributed by atoms with E-state index in [4.69, 9.17) is 4.74 Å². The van der Waals surface area contributed by atoms with Crippen molar-refractivity contribution in [2.45, 2.75) is 76.7 Å². The Balaban J connectivity index is 1.39. The first-order chi connectivity index (χ1) is 12.6. The molecule has 6 rings (SSSR count). The Kier molecular flexibility index (Phi) is 3.07. The van der Waals surface area contributed by atoms with Crippen LogP contribution in [0.1, 0.15) is 71.1 Å². The molecule has 0 N–H and O–H groups in total. The van der Waals surface area contributed by atoms with E-state index in [9.17, 15) is 9.59 Å². The van der Waals surface area contributed by atoms with Crippen molar-refractivity contribution in [2.75, 3.05) is 0 Å². The van der Waals surface area contributed by atoms with Gasteiger partial charge in [-0.15, -0.1) is 0 Å². The predicted octanol–water partition coefficient (Wildman–Crippen LogP) is 4.45. The van der Waals surface area contributed by atoms with Gasteiger partial charge in [0.15, 0.2) is 5.78 Å². The number of fused-ring (bicyclic) bond motifs is 9. The summed E-state index contributed by atoms with van der Waals surface area (Å²) < 4.78 is 6.23. The van der Waals surface area contributed by atoms with E-state index in [1.54, 1.807) is 0 Å². The highest BCUT2D eigenvalue weighted by molar-refractivity contribution is 5.91. The molecule has 4 saturated carbocycles. The van der Waals surface area contributed by atoms with Gasteiger partial charge in [-0.2, -0.15) is 0 Å². The van der Waals surface area contributed by atoms with Crippen LogP contribution < -0.4 is 0 Å². The molecular weight excluding hydrogens is 324 g/mol. The van der Waals surface area contributed by atoms with Gasteiger partial charge in [0.25, 0.3) is 0 Å². The Morgan fingerprint density at radius 1 is 1.04 bits per heavy atom. The number of esters is 1. The fourth-order valence-corrected chi connectivity index (χ4v) is 8.98. The average molecular weight is 354 g/mol. The molecule has 0 aromatic heterocycles. The molecule has 5 fully saturated rings. The van der Waals surface area contributed by atoms with E-state index in [0.717, 1.165) is 49.4 Å². The fraction of sp³-hybridized carbons (Fsp3) is 0.826. The molecule has 1 heterocycles. The summed E-state index contributed by atoms with van der Waals surface area (Å²) in [6, 6.07) is 0. The molecule has 6 unspecified atom stereocenters. The second-order valence-corrected chi connectivity index (χ2v) is 10.1. The van der Waals surface area contributed by atoms with Gasteiger partial charge in [-0.25, -0.2) is 0 Å². The highest BCUT2D eigenvalue weighted by Gasteiger charge is 2.79. The topological polar surface area (TPSA) is 43.4 Å². The molecule has 1 saturated heterocycles. The summed E-state index contributed by atoms with van der Waals surface area (Å²) in [4.78, 5) is 24.0. The normalized spacial score (nSPS) is 54.1. The number of ether oxygens (including phenoxy) is 1. The van der Waals surface area contributed by atoms with Crippen molar-refractivity contribution < 1.29 is 14.3 Å². The summed E-state index contributed by atoms with van der Waals surface area (Å²) in [5, 5.41) is 0. The number of rotatable bonds is 1. The number of hydrogen-bond donors (Lipinski definition) is 0. The first kappa shape index (κ1) is 15.9. The number of allylic oxidation sites excluding steroid dienone is 1. The molecule has 26 heavy (non-hydrogen) atoms. The van der Waals surface area contributed by atoms with Crippen molar-refractivity contribution in [2.24, 2.45) is 40.9 Å². The van der Waals surface area contributed by atoms with E-state index in [2.05, 4.69) is 6.92 Å². The number of carbonyl (C=O) groups excluding carboxylic acids is 2. The van der Waals surface area contributed by atoms with E-state index in [-0.39, 0.29) is 17.0 Å². The third-order valence-electron chi connectivity index (χ3n) is 9.75. The lowest BCUT2D eigenvalue weighted by Crippen LogP contribution is -2.56. The molecule has 0 amide bonds. The van der Waals surface area contributed by atoms with Crippen molar-refractivity contribution in [3.8, 4) is 0 Å². The van der Waals surface area contributed by atoms with Gasteiger partial charge in [-0.1, -0.05) is 12.5 Å². The van der Waals surface area contributed by atoms with Crippen LogP contribution in [0.4, 0.5) is 0 Å². The van der Waals surface area contributed by atoms with Crippen LogP contribution in [-0.4, -0.2) is 17.4 Å². The molecule has 0 aromatic carbocycles. The molecule has 0 bridgehead atoms. The molecule has 1 spiro atoms. The quantitative estimate of drug-likeness (QED) is 0.654. The summed E-state index contributed by atoms with van der Waals surface area (Å²) in [6.45, 7) is 2.36. The summed E-state index contributed by atoms with van der Waals surface area (Å²) in [5.74, 6) is 4.89. The lowest BCUT2D eigenvalue weighted by molar-refractivity contribution is -0.179. The van der Waals surface area contributed by atoms with Gasteiger partial charge in [0.05, 0.1) is 0 Å². The molecule has 3 heteroatoms. The monoisotopic (exact) mass is 354 g/mol. The standard InChI is InChI=1S/C23H30O3/c1-2-22-9-7-16-15-6-4-14(24)11-13(15)3-5-17(16)21(22)18-12-19(18)23(22)10-8-20(25)26-23/h11,15-19,21H,2-10,12H2,1H3/t15?,16?,17?,18?,19-,21?,22?,23+/m1/s1. The first-order valence-corrected chi connectivity index (χ1v) is 11.0. The Bertz CT molecular complexity index is 723. The van der Waals surface area contributed by atoms with Gasteiger partial charge >= 0.3 is 5.97 Å². The smallest absolute Gasteiger partial charge is 0.306 e. The highest BCUT2D eigenvalue weighted by Crippen LogP contribution is 2.79. The maximum Gasteiger partial charge on any atom is 0.306 e. The van der Waals surface area contributed by atoms with E-state index >= 15 is 0 Å². The maximum atomic E-state index is 12.1. The molecule has 0 radical (unpaired) electrons. The minimum Gasteiger partial charge on any atom is -0.458 e. The number of hydrogen-bond acceptors (Lipinski definition) is 3. The Labute approximate surface area is 155 Å². The van der Waals surface area contributed by atoms with Crippen LogP contribution in [0.2, 0.25) is 0 Å². The molecule has 140 valence electrons. The Morgan fingerprint density at radius 3 is 2.69 bits per heavy atom. The van der Waals surface area contributed by atoms with Crippen LogP contribution in [0.15, 0.2) is 11.6 Å². The fourth-order valence-electron chi connectivity index (χ4n) is 8.98. The Hall–Kier alpha value is -1.12. The van der Waals surface area contributed by atoms with Gasteiger partial charge in [0.1, 0.15) is 5.60 Å². The van der Waals surface area contributed by atoms with Gasteiger partial charge in [0.2, 0.25) is 0 Å². The number of ketones is 1. The maximum absolute atomic E-state index is 12.1. The molecule has 0 aromatic rings. The zero-order valence-electron chi connectivity index (χ0n) is 15.8. The van der Waals surface area contributed by atoms with E-state index in [1.165, 1.54) is 37.7 Å². The molecule has 3 nitrogen and oxygen atoms in total. The van der Waals surface area contributed by atoms with Crippen molar-refractivity contribution in [3.05, 3.63) is 11.6 Å². The van der Waals surface area contributed by atoms with Crippen molar-refractivity contribution >= 4 is 11.8 Å². The molecule has 1 aliphatic heterocycles. The minimum atomic E-state index is -0.113. The Morgan fingerprint density at radius 2 is 1.92 bits per heavy atom. The van der Waals surface area contributed by atoms with Crippen LogP contribution in [0, 0.1) is 40.9 Å². The van der Waals surface area contributed by atoms with E-state index < -0.39 is 0 Å². The SMILES string of the molecule is CCC12CCC3C4CCC(=O)C=C4CCC3C1C1C[C@H]1[C@@]21CCC(=O)O1. The summed E-state index contributed by atoms with van der Waals surface area (Å²) in [7, 11) is 0. The zero-order valence-corrected chi connectivity index (χ0v) is 15.8. The van der Waals surface area contributed by atoms with Crippen LogP contribution in [0.3, 0.4) is 0 Å². The molecular formula is C23H30O3. The zero-order chi connectivity index (χ0) is 17.7. The lowest BCUT2D eigenvalue weighted by Gasteiger charge is -2.58. The third kappa shape index (κ3) is 1.72. The minimum absolute atomic E-state index is 0.0610. The predicted molar refractivity (Wildman–Crippen MR) is 97.1 cm³/mol. The molecule has 6 aliphatic rings. The summed E-state index contributed by atoms with van der Waals surface area (Å²) >= 11 is 0. The van der Waals surface area contributed by atoms with Crippen molar-refractivity contribution in [3.63, 3.8) is 0 Å². The van der Waals surface area contributed by atoms with Crippen LogP contribution in [0.5, 0.6) is 0 Å². The number of carbonyl (C=O) groups is 2. The van der Waals surface area contributed by atoms with Gasteiger partial charge in [-0.05, 0) is 87.0 Å². The van der Waals surface area contributed by atoms with Crippen molar-refractivity contribution in [1.29, 1.82) is 0 Å². The highest BCUT2D eigenvalue weighted by atomic mass is 16.6. The van der Waals surface area contributed by atoms with E-state index in [0.29, 0.717) is 24.0 Å². The lowest BCUT2D eigenvalue weighted by atomic mass is 9.47. The summed E-state index contributed by atoms with van der Waals surface area (Å²) in [5.41, 5.74) is 1.61. The van der Waals surface area contributed by atoms with Gasteiger partial charge < -0.3 is 4.74 Å². The molecule has 5 aliphatic carbocycles. The van der Waals surface area contributed by atoms with Crippen LogP contribution in [-0.2, 0) is 14.3 Å². The second-order valence-electron chi connectivity index (χ2n) is 10.1. The van der Waals surface area contributed by atoms with Crippen molar-refractivity contribution in [1.82, 2.24) is 0 Å². The average Bonchev–Trinajstić information content (AvgIpc) is 3.29. The third-order valence-corrected chi connectivity index (χ3v) is 9.75. The van der Waals surface area contributed by atoms with Gasteiger partial charge in [0, 0.05) is 24.2 Å². The van der Waals surface area contributed by atoms with E-state index in [1.807, 2.05) is 6.08 Å².